The third kappa shape index (κ3) is 3.22. The molecular weight excluding hydrogens is 356 g/mol. The van der Waals surface area contributed by atoms with Crippen LogP contribution in [-0.2, 0) is 6.54 Å². The Morgan fingerprint density at radius 2 is 1.89 bits per heavy atom. The maximum Gasteiger partial charge on any atom is 0.250 e. The molecule has 5 rings (SSSR count). The van der Waals surface area contributed by atoms with Gasteiger partial charge in [-0.3, -0.25) is 14.5 Å². The molecule has 6 heteroatoms. The molecule has 3 aliphatic rings. The summed E-state index contributed by atoms with van der Waals surface area (Å²) in [7, 11) is 0. The highest BCUT2D eigenvalue weighted by molar-refractivity contribution is 5.98. The molecule has 1 saturated heterocycles. The first-order valence-electron chi connectivity index (χ1n) is 10.0. The van der Waals surface area contributed by atoms with Crippen molar-refractivity contribution in [2.24, 2.45) is 5.92 Å². The topological polar surface area (TPSA) is 60.8 Å². The van der Waals surface area contributed by atoms with E-state index in [4.69, 9.17) is 9.47 Å². The number of pyridine rings is 1. The van der Waals surface area contributed by atoms with E-state index in [0.29, 0.717) is 48.7 Å². The van der Waals surface area contributed by atoms with Crippen molar-refractivity contribution in [2.75, 3.05) is 32.8 Å². The molecule has 0 amide bonds. The highest BCUT2D eigenvalue weighted by Crippen LogP contribution is 2.35. The van der Waals surface area contributed by atoms with Crippen molar-refractivity contribution in [1.82, 2.24) is 9.47 Å². The van der Waals surface area contributed by atoms with Crippen LogP contribution in [0.3, 0.4) is 0 Å². The first-order valence-corrected chi connectivity index (χ1v) is 10.0. The fourth-order valence-electron chi connectivity index (χ4n) is 4.76. The van der Waals surface area contributed by atoms with E-state index in [2.05, 4.69) is 11.0 Å². The third-order valence-corrected chi connectivity index (χ3v) is 5.99. The molecule has 4 heterocycles. The van der Waals surface area contributed by atoms with Crippen molar-refractivity contribution < 1.29 is 14.3 Å². The lowest BCUT2D eigenvalue weighted by atomic mass is 9.83. The highest BCUT2D eigenvalue weighted by Gasteiger charge is 2.35. The van der Waals surface area contributed by atoms with E-state index in [9.17, 15) is 9.59 Å². The largest absolute Gasteiger partial charge is 0.490 e. The van der Waals surface area contributed by atoms with Gasteiger partial charge in [-0.15, -0.1) is 0 Å². The summed E-state index contributed by atoms with van der Waals surface area (Å²) in [5.41, 5.74) is 1.86. The van der Waals surface area contributed by atoms with Crippen LogP contribution >= 0.6 is 0 Å². The summed E-state index contributed by atoms with van der Waals surface area (Å²) in [5, 5.41) is 0. The Labute approximate surface area is 163 Å². The maximum absolute atomic E-state index is 12.9. The molecule has 2 bridgehead atoms. The molecular formula is C22H24N2O4. The molecule has 0 spiro atoms. The van der Waals surface area contributed by atoms with Gasteiger partial charge >= 0.3 is 0 Å². The summed E-state index contributed by atoms with van der Waals surface area (Å²) < 4.78 is 13.3. The van der Waals surface area contributed by atoms with Crippen LogP contribution < -0.4 is 15.0 Å². The molecule has 6 nitrogen and oxygen atoms in total. The number of likely N-dealkylation sites (tertiary alicyclic amines) is 1. The minimum absolute atomic E-state index is 0.0870. The molecule has 28 heavy (non-hydrogen) atoms. The lowest BCUT2D eigenvalue weighted by Gasteiger charge is -2.42. The van der Waals surface area contributed by atoms with Gasteiger partial charge in [0.1, 0.15) is 0 Å². The van der Waals surface area contributed by atoms with Crippen molar-refractivity contribution in [3.8, 4) is 11.5 Å². The Balaban J connectivity index is 1.32. The van der Waals surface area contributed by atoms with Crippen LogP contribution in [0.1, 0.15) is 34.8 Å². The number of ether oxygens (including phenoxy) is 2. The molecule has 0 N–H and O–H groups in total. The Bertz CT molecular complexity index is 967. The third-order valence-electron chi connectivity index (χ3n) is 5.99. The average molecular weight is 380 g/mol. The van der Waals surface area contributed by atoms with Crippen molar-refractivity contribution in [3.63, 3.8) is 0 Å². The monoisotopic (exact) mass is 380 g/mol. The van der Waals surface area contributed by atoms with E-state index in [1.165, 1.54) is 0 Å². The van der Waals surface area contributed by atoms with Crippen molar-refractivity contribution in [3.05, 3.63) is 58.0 Å². The van der Waals surface area contributed by atoms with Crippen LogP contribution in [0.15, 0.2) is 41.2 Å². The Hall–Kier alpha value is -2.60. The van der Waals surface area contributed by atoms with Gasteiger partial charge in [0.05, 0.1) is 19.8 Å². The second-order valence-electron chi connectivity index (χ2n) is 8.03. The van der Waals surface area contributed by atoms with Crippen molar-refractivity contribution in [1.29, 1.82) is 0 Å². The van der Waals surface area contributed by atoms with Gasteiger partial charge < -0.3 is 14.0 Å². The summed E-state index contributed by atoms with van der Waals surface area (Å²) >= 11 is 0. The van der Waals surface area contributed by atoms with Gasteiger partial charge in [0.25, 0.3) is 5.56 Å². The number of piperidine rings is 1. The minimum atomic E-state index is 0.0870. The summed E-state index contributed by atoms with van der Waals surface area (Å²) in [6.45, 7) is 4.06. The average Bonchev–Trinajstić information content (AvgIpc) is 2.93. The number of carbonyl (C=O) groups excluding carboxylic acids is 1. The van der Waals surface area contributed by atoms with Crippen LogP contribution in [0.5, 0.6) is 11.5 Å². The number of benzene rings is 1. The van der Waals surface area contributed by atoms with Crippen LogP contribution in [-0.4, -0.2) is 48.1 Å². The number of fused-ring (bicyclic) bond motifs is 5. The lowest BCUT2D eigenvalue weighted by molar-refractivity contribution is 0.0817. The standard InChI is InChI=1S/C22H24N2O4/c25-19(16-5-6-20-21(10-16)28-8-2-7-27-20)14-23-11-15-9-17(13-23)18-3-1-4-22(26)24(18)12-15/h1,3-6,10,15,17H,2,7-9,11-14H2/t15-,17?/m1/s1. The number of carbonyl (C=O) groups is 1. The molecule has 1 aromatic heterocycles. The first kappa shape index (κ1) is 17.5. The Morgan fingerprint density at radius 3 is 2.79 bits per heavy atom. The summed E-state index contributed by atoms with van der Waals surface area (Å²) in [6, 6.07) is 11.0. The quantitative estimate of drug-likeness (QED) is 0.765. The van der Waals surface area contributed by atoms with E-state index in [1.807, 2.05) is 28.8 Å². The zero-order valence-electron chi connectivity index (χ0n) is 15.8. The van der Waals surface area contributed by atoms with Crippen LogP contribution in [0.4, 0.5) is 0 Å². The number of hydrogen-bond donors (Lipinski definition) is 0. The number of aromatic nitrogens is 1. The molecule has 3 aliphatic heterocycles. The van der Waals surface area contributed by atoms with E-state index in [1.54, 1.807) is 6.07 Å². The SMILES string of the molecule is O=C(CN1CC2C[C@H](C1)Cn1c2cccc1=O)c1ccc2c(c1)OCCCO2. The molecule has 146 valence electrons. The minimum Gasteiger partial charge on any atom is -0.490 e. The lowest BCUT2D eigenvalue weighted by Crippen LogP contribution is -2.48. The molecule has 1 aromatic carbocycles. The summed E-state index contributed by atoms with van der Waals surface area (Å²) in [4.78, 5) is 27.3. The summed E-state index contributed by atoms with van der Waals surface area (Å²) in [6.07, 6.45) is 1.94. The first-order chi connectivity index (χ1) is 13.7. The number of Topliss-reactive ketones (excluding diaryl/α,β-unsaturated/α-hetero) is 1. The zero-order valence-corrected chi connectivity index (χ0v) is 15.8. The predicted octanol–water partition coefficient (Wildman–Crippen LogP) is 2.31. The van der Waals surface area contributed by atoms with Gasteiger partial charge in [0.15, 0.2) is 17.3 Å². The molecule has 0 saturated carbocycles. The maximum atomic E-state index is 12.9. The van der Waals surface area contributed by atoms with E-state index >= 15 is 0 Å². The van der Waals surface area contributed by atoms with Gasteiger partial charge in [0.2, 0.25) is 0 Å². The fraction of sp³-hybridized carbons (Fsp3) is 0.455. The van der Waals surface area contributed by atoms with Gasteiger partial charge in [-0.05, 0) is 36.6 Å². The number of rotatable bonds is 3. The van der Waals surface area contributed by atoms with Crippen LogP contribution in [0, 0.1) is 5.92 Å². The Kier molecular flexibility index (Phi) is 4.43. The van der Waals surface area contributed by atoms with Crippen molar-refractivity contribution >= 4 is 5.78 Å². The Morgan fingerprint density at radius 1 is 1.04 bits per heavy atom. The smallest absolute Gasteiger partial charge is 0.250 e. The number of nitrogens with zero attached hydrogens (tertiary/aromatic N) is 2. The highest BCUT2D eigenvalue weighted by atomic mass is 16.5. The second-order valence-corrected chi connectivity index (χ2v) is 8.03. The van der Waals surface area contributed by atoms with Gasteiger partial charge in [-0.25, -0.2) is 0 Å². The molecule has 0 radical (unpaired) electrons. The molecule has 2 atom stereocenters. The molecule has 1 unspecified atom stereocenters. The van der Waals surface area contributed by atoms with Gasteiger partial charge in [-0.1, -0.05) is 6.07 Å². The molecule has 0 aliphatic carbocycles. The molecule has 1 fully saturated rings. The number of ketones is 1. The van der Waals surface area contributed by atoms with Gasteiger partial charge in [0, 0.05) is 49.3 Å². The predicted molar refractivity (Wildman–Crippen MR) is 104 cm³/mol. The fourth-order valence-corrected chi connectivity index (χ4v) is 4.76. The number of hydrogen-bond acceptors (Lipinski definition) is 5. The van der Waals surface area contributed by atoms with Crippen LogP contribution in [0.25, 0.3) is 0 Å². The second kappa shape index (κ2) is 7.09. The molecule has 2 aromatic rings. The van der Waals surface area contributed by atoms with Crippen molar-refractivity contribution in [2.45, 2.75) is 25.3 Å². The summed E-state index contributed by atoms with van der Waals surface area (Å²) in [5.74, 6) is 2.21. The van der Waals surface area contributed by atoms with E-state index in [0.717, 1.165) is 38.2 Å². The van der Waals surface area contributed by atoms with E-state index < -0.39 is 0 Å². The zero-order chi connectivity index (χ0) is 19.1. The van der Waals surface area contributed by atoms with Crippen LogP contribution in [0.2, 0.25) is 0 Å². The van der Waals surface area contributed by atoms with Gasteiger partial charge in [-0.2, -0.15) is 0 Å². The normalized spacial score (nSPS) is 23.6. The van der Waals surface area contributed by atoms with E-state index in [-0.39, 0.29) is 11.3 Å².